The zero-order valence-electron chi connectivity index (χ0n) is 22.3. The van der Waals surface area contributed by atoms with Gasteiger partial charge >= 0.3 is 0 Å². The summed E-state index contributed by atoms with van der Waals surface area (Å²) in [5.41, 5.74) is 0.946. The number of rotatable bonds is 15. The number of hydrogen-bond acceptors (Lipinski definition) is 5. The molecule has 0 spiro atoms. The highest BCUT2D eigenvalue weighted by atomic mass is 16.3. The van der Waals surface area contributed by atoms with Crippen molar-refractivity contribution in [2.24, 2.45) is 23.7 Å². The normalized spacial score (nSPS) is 22.0. The molecule has 0 heterocycles. The first kappa shape index (κ1) is 29.1. The summed E-state index contributed by atoms with van der Waals surface area (Å²) in [5.74, 6) is 0.549. The minimum Gasteiger partial charge on any atom is -0.390 e. The first-order valence-corrected chi connectivity index (χ1v) is 14.3. The van der Waals surface area contributed by atoms with Crippen LogP contribution < -0.4 is 5.32 Å². The summed E-state index contributed by atoms with van der Waals surface area (Å²) in [5, 5.41) is 46.3. The molecular formula is C30H49NO5. The smallest absolute Gasteiger partial charge is 0.223 e. The Bertz CT molecular complexity index is 762. The molecule has 5 N–H and O–H groups in total. The molecule has 6 heteroatoms. The topological polar surface area (TPSA) is 110 Å². The summed E-state index contributed by atoms with van der Waals surface area (Å²) in [6.45, 7) is 4.02. The molecule has 1 aromatic rings. The average molecular weight is 504 g/mol. The fraction of sp³-hybridized carbons (Fsp3) is 0.767. The monoisotopic (exact) mass is 503 g/mol. The van der Waals surface area contributed by atoms with Gasteiger partial charge in [0, 0.05) is 12.3 Å². The number of carbonyl (C=O) groups is 1. The molecule has 1 amide bonds. The molecule has 1 aromatic carbocycles. The van der Waals surface area contributed by atoms with Gasteiger partial charge in [0.15, 0.2) is 0 Å². The van der Waals surface area contributed by atoms with Crippen molar-refractivity contribution in [2.75, 3.05) is 0 Å². The van der Waals surface area contributed by atoms with Crippen LogP contribution in [0.5, 0.6) is 0 Å². The van der Waals surface area contributed by atoms with Crippen molar-refractivity contribution in [1.29, 1.82) is 0 Å². The van der Waals surface area contributed by atoms with Crippen molar-refractivity contribution in [1.82, 2.24) is 5.32 Å². The second-order valence-corrected chi connectivity index (χ2v) is 12.0. The quantitative estimate of drug-likeness (QED) is 0.249. The van der Waals surface area contributed by atoms with E-state index >= 15 is 0 Å². The number of nitrogens with one attached hydrogen (secondary N) is 1. The van der Waals surface area contributed by atoms with Gasteiger partial charge in [-0.3, -0.25) is 4.79 Å². The number of hydrogen-bond donors (Lipinski definition) is 5. The van der Waals surface area contributed by atoms with E-state index in [1.165, 1.54) is 19.3 Å². The standard InChI is InChI=1S/C30H49NO5/c1-20(2)15-28(34)29(35)25(17-21-9-5-3-6-10-21)31-30(36)24(16-23-13-14-23)19-27(33)26(32)18-22-11-7-4-8-12-22/h4,7-8,11-12,20-21,23-29,32-35H,3,5-6,9-10,13-19H2,1-2H3,(H,31,36)/t24-,25+,26-,27+,28+,29-/m1/s1. The lowest BCUT2D eigenvalue weighted by atomic mass is 9.82. The molecule has 36 heavy (non-hydrogen) atoms. The Balaban J connectivity index is 1.65. The van der Waals surface area contributed by atoms with Gasteiger partial charge in [-0.15, -0.1) is 0 Å². The molecule has 0 radical (unpaired) electrons. The third kappa shape index (κ3) is 9.77. The van der Waals surface area contributed by atoms with Gasteiger partial charge in [-0.25, -0.2) is 0 Å². The molecule has 3 rings (SSSR count). The molecule has 2 aliphatic rings. The number of amides is 1. The van der Waals surface area contributed by atoms with Crippen LogP contribution >= 0.6 is 0 Å². The third-order valence-corrected chi connectivity index (χ3v) is 8.10. The Hall–Kier alpha value is -1.47. The molecule has 2 saturated carbocycles. The van der Waals surface area contributed by atoms with Crippen LogP contribution in [0, 0.1) is 23.7 Å². The van der Waals surface area contributed by atoms with Gasteiger partial charge in [-0.2, -0.15) is 0 Å². The molecular weight excluding hydrogens is 454 g/mol. The van der Waals surface area contributed by atoms with Gasteiger partial charge < -0.3 is 25.7 Å². The Kier molecular flexibility index (Phi) is 11.7. The Morgan fingerprint density at radius 2 is 1.47 bits per heavy atom. The highest BCUT2D eigenvalue weighted by Crippen LogP contribution is 2.37. The van der Waals surface area contributed by atoms with Gasteiger partial charge in [0.2, 0.25) is 5.91 Å². The predicted octanol–water partition coefficient (Wildman–Crippen LogP) is 3.98. The van der Waals surface area contributed by atoms with Crippen LogP contribution in [0.4, 0.5) is 0 Å². The van der Waals surface area contributed by atoms with Gasteiger partial charge in [0.05, 0.1) is 24.4 Å². The largest absolute Gasteiger partial charge is 0.390 e. The zero-order chi connectivity index (χ0) is 26.1. The molecule has 2 aliphatic carbocycles. The third-order valence-electron chi connectivity index (χ3n) is 8.10. The lowest BCUT2D eigenvalue weighted by Crippen LogP contribution is -2.51. The van der Waals surface area contributed by atoms with Crippen molar-refractivity contribution < 1.29 is 25.2 Å². The maximum atomic E-state index is 13.5. The van der Waals surface area contributed by atoms with E-state index in [1.54, 1.807) is 0 Å². The summed E-state index contributed by atoms with van der Waals surface area (Å²) in [6, 6.07) is 9.06. The lowest BCUT2D eigenvalue weighted by molar-refractivity contribution is -0.130. The van der Waals surface area contributed by atoms with Crippen LogP contribution in [0.1, 0.15) is 90.0 Å². The van der Waals surface area contributed by atoms with E-state index < -0.39 is 36.4 Å². The lowest BCUT2D eigenvalue weighted by Gasteiger charge is -2.34. The molecule has 204 valence electrons. The van der Waals surface area contributed by atoms with Crippen LogP contribution in [0.25, 0.3) is 0 Å². The molecule has 6 nitrogen and oxygen atoms in total. The summed E-state index contributed by atoms with van der Waals surface area (Å²) in [4.78, 5) is 13.5. The molecule has 0 unspecified atom stereocenters. The zero-order valence-corrected chi connectivity index (χ0v) is 22.3. The number of carbonyl (C=O) groups excluding carboxylic acids is 1. The van der Waals surface area contributed by atoms with Crippen LogP contribution in [-0.4, -0.2) is 56.8 Å². The maximum absolute atomic E-state index is 13.5. The maximum Gasteiger partial charge on any atom is 0.223 e. The van der Waals surface area contributed by atoms with Crippen molar-refractivity contribution in [3.63, 3.8) is 0 Å². The average Bonchev–Trinajstić information content (AvgIpc) is 3.67. The second kappa shape index (κ2) is 14.5. The highest BCUT2D eigenvalue weighted by molar-refractivity contribution is 5.79. The molecule has 0 bridgehead atoms. The molecule has 2 fully saturated rings. The van der Waals surface area contributed by atoms with E-state index in [9.17, 15) is 25.2 Å². The van der Waals surface area contributed by atoms with Crippen LogP contribution in [-0.2, 0) is 11.2 Å². The SMILES string of the molecule is CC(C)C[C@H](O)[C@H](O)[C@H](CC1CCCCC1)NC(=O)[C@H](CC1CC1)C[C@H](O)[C@H](O)Cc1ccccc1. The molecule has 0 aromatic heterocycles. The molecule has 0 aliphatic heterocycles. The van der Waals surface area contributed by atoms with Gasteiger partial charge in [-0.1, -0.05) is 89.1 Å². The van der Waals surface area contributed by atoms with Crippen molar-refractivity contribution >= 4 is 5.91 Å². The summed E-state index contributed by atoms with van der Waals surface area (Å²) < 4.78 is 0. The van der Waals surface area contributed by atoms with Crippen LogP contribution in [0.15, 0.2) is 30.3 Å². The van der Waals surface area contributed by atoms with E-state index in [4.69, 9.17) is 0 Å². The number of aliphatic hydroxyl groups is 4. The minimum atomic E-state index is -1.02. The fourth-order valence-electron chi connectivity index (χ4n) is 5.76. The van der Waals surface area contributed by atoms with E-state index in [-0.39, 0.29) is 18.2 Å². The van der Waals surface area contributed by atoms with Gasteiger partial charge in [0.1, 0.15) is 6.10 Å². The summed E-state index contributed by atoms with van der Waals surface area (Å²) >= 11 is 0. The van der Waals surface area contributed by atoms with Crippen LogP contribution in [0.3, 0.4) is 0 Å². The predicted molar refractivity (Wildman–Crippen MR) is 142 cm³/mol. The number of aliphatic hydroxyl groups excluding tert-OH is 4. The van der Waals surface area contributed by atoms with Crippen molar-refractivity contribution in [3.8, 4) is 0 Å². The molecule has 6 atom stereocenters. The minimum absolute atomic E-state index is 0.176. The van der Waals surface area contributed by atoms with E-state index in [0.29, 0.717) is 37.5 Å². The van der Waals surface area contributed by atoms with Crippen molar-refractivity contribution in [3.05, 3.63) is 35.9 Å². The van der Waals surface area contributed by atoms with E-state index in [2.05, 4.69) is 5.32 Å². The first-order chi connectivity index (χ1) is 17.2. The first-order valence-electron chi connectivity index (χ1n) is 14.3. The van der Waals surface area contributed by atoms with Gasteiger partial charge in [0.25, 0.3) is 0 Å². The molecule has 0 saturated heterocycles. The Labute approximate surface area is 217 Å². The highest BCUT2D eigenvalue weighted by Gasteiger charge is 2.36. The Morgan fingerprint density at radius 1 is 0.833 bits per heavy atom. The second-order valence-electron chi connectivity index (χ2n) is 12.0. The Morgan fingerprint density at radius 3 is 2.08 bits per heavy atom. The van der Waals surface area contributed by atoms with Crippen LogP contribution in [0.2, 0.25) is 0 Å². The van der Waals surface area contributed by atoms with Crippen molar-refractivity contribution in [2.45, 2.75) is 121 Å². The summed E-state index contributed by atoms with van der Waals surface area (Å²) in [6.07, 6.45) is 6.44. The van der Waals surface area contributed by atoms with E-state index in [1.807, 2.05) is 44.2 Å². The fourth-order valence-corrected chi connectivity index (χ4v) is 5.76. The van der Waals surface area contributed by atoms with E-state index in [0.717, 1.165) is 31.2 Å². The van der Waals surface area contributed by atoms with Gasteiger partial charge in [-0.05, 0) is 49.0 Å². The number of benzene rings is 1. The summed E-state index contributed by atoms with van der Waals surface area (Å²) in [7, 11) is 0.